The highest BCUT2D eigenvalue weighted by molar-refractivity contribution is 7.89. The number of hydrogen-bond acceptors (Lipinski definition) is 5. The maximum Gasteiger partial charge on any atom is 0.270 e. The number of carbonyl (C=O) groups is 1. The quantitative estimate of drug-likeness (QED) is 0.592. The second-order valence-corrected chi connectivity index (χ2v) is 7.09. The topological polar surface area (TPSA) is 132 Å². The van der Waals surface area contributed by atoms with Crippen LogP contribution in [0.2, 0.25) is 5.02 Å². The Kier molecular flexibility index (Phi) is 4.92. The molecule has 0 saturated heterocycles. The molecule has 21 heavy (non-hydrogen) atoms. The van der Waals surface area contributed by atoms with Gasteiger partial charge in [-0.05, 0) is 19.9 Å². The first-order valence-electron chi connectivity index (χ1n) is 5.71. The van der Waals surface area contributed by atoms with Crippen LogP contribution in [0.4, 0.5) is 5.69 Å². The number of non-ortho nitro benzene ring substituents is 1. The first-order chi connectivity index (χ1) is 9.47. The van der Waals surface area contributed by atoms with Crippen molar-refractivity contribution in [3.63, 3.8) is 0 Å². The maximum atomic E-state index is 12.1. The minimum Gasteiger partial charge on any atom is -0.369 e. The number of nitro benzene ring substituents is 1. The van der Waals surface area contributed by atoms with Crippen molar-refractivity contribution in [3.05, 3.63) is 33.3 Å². The molecular weight excluding hydrogens is 322 g/mol. The van der Waals surface area contributed by atoms with Gasteiger partial charge in [-0.3, -0.25) is 14.9 Å². The van der Waals surface area contributed by atoms with E-state index in [1.165, 1.54) is 13.8 Å². The third-order valence-electron chi connectivity index (χ3n) is 2.79. The van der Waals surface area contributed by atoms with E-state index in [4.69, 9.17) is 17.3 Å². The molecule has 0 aliphatic rings. The summed E-state index contributed by atoms with van der Waals surface area (Å²) >= 11 is 5.76. The van der Waals surface area contributed by atoms with Crippen LogP contribution in [0.25, 0.3) is 0 Å². The van der Waals surface area contributed by atoms with Crippen molar-refractivity contribution in [3.8, 4) is 0 Å². The van der Waals surface area contributed by atoms with Gasteiger partial charge < -0.3 is 5.73 Å². The van der Waals surface area contributed by atoms with Crippen molar-refractivity contribution in [1.82, 2.24) is 4.72 Å². The number of amides is 1. The molecule has 0 aliphatic heterocycles. The van der Waals surface area contributed by atoms with Gasteiger partial charge in [-0.1, -0.05) is 11.6 Å². The van der Waals surface area contributed by atoms with Gasteiger partial charge in [0, 0.05) is 18.7 Å². The van der Waals surface area contributed by atoms with E-state index in [1.807, 2.05) is 0 Å². The number of carbonyl (C=O) groups excluding carboxylic acids is 1. The molecule has 0 aromatic heterocycles. The van der Waals surface area contributed by atoms with Gasteiger partial charge in [0.2, 0.25) is 15.9 Å². The molecule has 0 bridgehead atoms. The molecule has 0 unspecified atom stereocenters. The number of sulfonamides is 1. The minimum atomic E-state index is -4.11. The summed E-state index contributed by atoms with van der Waals surface area (Å²) in [7, 11) is -4.11. The summed E-state index contributed by atoms with van der Waals surface area (Å²) in [6, 6.07) is 3.06. The Morgan fingerprint density at radius 3 is 2.52 bits per heavy atom. The number of nitrogens with one attached hydrogen (secondary N) is 1. The van der Waals surface area contributed by atoms with E-state index in [0.717, 1.165) is 18.2 Å². The van der Waals surface area contributed by atoms with Crippen molar-refractivity contribution in [2.75, 3.05) is 6.54 Å². The Hall–Kier alpha value is -1.71. The van der Waals surface area contributed by atoms with E-state index in [9.17, 15) is 23.3 Å². The molecular formula is C11H14ClN3O5S. The number of primary amides is 1. The van der Waals surface area contributed by atoms with Gasteiger partial charge in [0.1, 0.15) is 4.90 Å². The number of nitrogens with two attached hydrogens (primary N) is 1. The zero-order valence-corrected chi connectivity index (χ0v) is 12.9. The Morgan fingerprint density at radius 1 is 1.48 bits per heavy atom. The fraction of sp³-hybridized carbons (Fsp3) is 0.364. The molecule has 116 valence electrons. The van der Waals surface area contributed by atoms with E-state index in [-0.39, 0.29) is 11.6 Å². The zero-order valence-electron chi connectivity index (χ0n) is 11.3. The van der Waals surface area contributed by atoms with E-state index in [0.29, 0.717) is 0 Å². The predicted octanol–water partition coefficient (Wildman–Crippen LogP) is 1.04. The van der Waals surface area contributed by atoms with Crippen LogP contribution in [0, 0.1) is 15.5 Å². The summed E-state index contributed by atoms with van der Waals surface area (Å²) in [5.74, 6) is -0.685. The monoisotopic (exact) mass is 335 g/mol. The molecule has 0 radical (unpaired) electrons. The summed E-state index contributed by atoms with van der Waals surface area (Å²) < 4.78 is 26.4. The van der Waals surface area contributed by atoms with Gasteiger partial charge in [0.25, 0.3) is 5.69 Å². The average molecular weight is 336 g/mol. The van der Waals surface area contributed by atoms with Crippen molar-refractivity contribution in [1.29, 1.82) is 0 Å². The van der Waals surface area contributed by atoms with E-state index in [1.54, 1.807) is 0 Å². The molecule has 0 fully saturated rings. The molecule has 0 atom stereocenters. The number of nitrogens with zero attached hydrogens (tertiary/aromatic N) is 1. The zero-order chi connectivity index (χ0) is 16.4. The normalized spacial score (nSPS) is 12.1. The summed E-state index contributed by atoms with van der Waals surface area (Å²) in [4.78, 5) is 20.7. The first-order valence-corrected chi connectivity index (χ1v) is 7.57. The lowest BCUT2D eigenvalue weighted by atomic mass is 9.93. The van der Waals surface area contributed by atoms with Crippen LogP contribution in [0.1, 0.15) is 13.8 Å². The molecule has 3 N–H and O–H groups in total. The second kappa shape index (κ2) is 5.96. The third-order valence-corrected chi connectivity index (χ3v) is 4.67. The van der Waals surface area contributed by atoms with Crippen LogP contribution in [0.15, 0.2) is 23.1 Å². The number of benzene rings is 1. The SMILES string of the molecule is CC(C)(CNS(=O)(=O)c1cc([N+](=O)[O-])ccc1Cl)C(N)=O. The lowest BCUT2D eigenvalue weighted by Crippen LogP contribution is -2.42. The highest BCUT2D eigenvalue weighted by Crippen LogP contribution is 2.26. The summed E-state index contributed by atoms with van der Waals surface area (Å²) in [5.41, 5.74) is 3.62. The Balaban J connectivity index is 3.11. The smallest absolute Gasteiger partial charge is 0.270 e. The molecule has 0 spiro atoms. The Labute approximate surface area is 126 Å². The van der Waals surface area contributed by atoms with Crippen LogP contribution >= 0.6 is 11.6 Å². The summed E-state index contributed by atoms with van der Waals surface area (Å²) in [5, 5.41) is 10.5. The number of halogens is 1. The molecule has 0 aliphatic carbocycles. The van der Waals surface area contributed by atoms with Gasteiger partial charge in [-0.2, -0.15) is 0 Å². The minimum absolute atomic E-state index is 0.162. The molecule has 1 aromatic rings. The molecule has 0 saturated carbocycles. The number of hydrogen-bond donors (Lipinski definition) is 2. The number of rotatable bonds is 6. The third kappa shape index (κ3) is 4.13. The highest BCUT2D eigenvalue weighted by Gasteiger charge is 2.29. The molecule has 0 heterocycles. The standard InChI is InChI=1S/C11H14ClN3O5S/c1-11(2,10(13)16)6-14-21(19,20)9-5-7(15(17)18)3-4-8(9)12/h3-5,14H,6H2,1-2H3,(H2,13,16). The summed E-state index contributed by atoms with van der Waals surface area (Å²) in [6.07, 6.45) is 0. The molecule has 1 rings (SSSR count). The highest BCUT2D eigenvalue weighted by atomic mass is 35.5. The molecule has 1 aromatic carbocycles. The van der Waals surface area contributed by atoms with Crippen molar-refractivity contribution >= 4 is 33.2 Å². The largest absolute Gasteiger partial charge is 0.369 e. The Morgan fingerprint density at radius 2 is 2.05 bits per heavy atom. The van der Waals surface area contributed by atoms with Crippen LogP contribution in [-0.2, 0) is 14.8 Å². The van der Waals surface area contributed by atoms with Crippen LogP contribution < -0.4 is 10.5 Å². The summed E-state index contributed by atoms with van der Waals surface area (Å²) in [6.45, 7) is 2.67. The van der Waals surface area contributed by atoms with E-state index in [2.05, 4.69) is 4.72 Å². The molecule has 1 amide bonds. The number of nitro groups is 1. The van der Waals surface area contributed by atoms with Gasteiger partial charge in [0.15, 0.2) is 0 Å². The fourth-order valence-corrected chi connectivity index (χ4v) is 2.98. The average Bonchev–Trinajstić information content (AvgIpc) is 2.36. The van der Waals surface area contributed by atoms with Crippen LogP contribution in [0.3, 0.4) is 0 Å². The predicted molar refractivity (Wildman–Crippen MR) is 76.3 cm³/mol. The van der Waals surface area contributed by atoms with Gasteiger partial charge in [-0.25, -0.2) is 13.1 Å². The lowest BCUT2D eigenvalue weighted by molar-refractivity contribution is -0.385. The van der Waals surface area contributed by atoms with Gasteiger partial charge in [-0.15, -0.1) is 0 Å². The first kappa shape index (κ1) is 17.3. The van der Waals surface area contributed by atoms with Crippen LogP contribution in [-0.4, -0.2) is 25.8 Å². The van der Waals surface area contributed by atoms with E-state index < -0.39 is 36.9 Å². The molecule has 8 nitrogen and oxygen atoms in total. The van der Waals surface area contributed by atoms with Gasteiger partial charge in [0.05, 0.1) is 15.4 Å². The van der Waals surface area contributed by atoms with Gasteiger partial charge >= 0.3 is 0 Å². The second-order valence-electron chi connectivity index (χ2n) is 4.94. The Bertz CT molecular complexity index is 687. The van der Waals surface area contributed by atoms with Crippen molar-refractivity contribution < 1.29 is 18.1 Å². The van der Waals surface area contributed by atoms with Crippen molar-refractivity contribution in [2.24, 2.45) is 11.1 Å². The van der Waals surface area contributed by atoms with E-state index >= 15 is 0 Å². The van der Waals surface area contributed by atoms with Crippen molar-refractivity contribution in [2.45, 2.75) is 18.7 Å². The lowest BCUT2D eigenvalue weighted by Gasteiger charge is -2.20. The maximum absolute atomic E-state index is 12.1. The molecule has 10 heteroatoms. The van der Waals surface area contributed by atoms with Crippen LogP contribution in [0.5, 0.6) is 0 Å². The fourth-order valence-electron chi connectivity index (χ4n) is 1.25.